The van der Waals surface area contributed by atoms with Crippen molar-refractivity contribution in [3.8, 4) is 0 Å². The van der Waals surface area contributed by atoms with Gasteiger partial charge in [-0.3, -0.25) is 0 Å². The Balaban J connectivity index is 1.81. The van der Waals surface area contributed by atoms with Crippen LogP contribution < -0.4 is 10.6 Å². The summed E-state index contributed by atoms with van der Waals surface area (Å²) in [6.07, 6.45) is 2.60. The third kappa shape index (κ3) is 3.33. The Kier molecular flexibility index (Phi) is 3.84. The standard InChI is InChI=1S/C13H19FN2O/c1-16(7-8-17-9-10-5-6-10)12-4-2-3-11(14)13(12)15/h2-4,10H,5-9,15H2,1H3. The highest BCUT2D eigenvalue weighted by atomic mass is 19.1. The van der Waals surface area contributed by atoms with Crippen molar-refractivity contribution in [1.82, 2.24) is 0 Å². The van der Waals surface area contributed by atoms with E-state index in [-0.39, 0.29) is 11.5 Å². The molecular weight excluding hydrogens is 219 g/mol. The molecule has 0 saturated heterocycles. The van der Waals surface area contributed by atoms with Crippen molar-refractivity contribution >= 4 is 11.4 Å². The van der Waals surface area contributed by atoms with Gasteiger partial charge in [0, 0.05) is 20.2 Å². The molecule has 0 amide bonds. The predicted molar refractivity (Wildman–Crippen MR) is 67.6 cm³/mol. The molecule has 4 heteroatoms. The molecule has 1 saturated carbocycles. The van der Waals surface area contributed by atoms with Crippen LogP contribution in [0.25, 0.3) is 0 Å². The van der Waals surface area contributed by atoms with Gasteiger partial charge in [0.15, 0.2) is 0 Å². The van der Waals surface area contributed by atoms with Crippen molar-refractivity contribution in [3.05, 3.63) is 24.0 Å². The lowest BCUT2D eigenvalue weighted by Gasteiger charge is -2.21. The van der Waals surface area contributed by atoms with Crippen LogP contribution in [0, 0.1) is 11.7 Å². The number of anilines is 2. The van der Waals surface area contributed by atoms with Gasteiger partial charge in [0.2, 0.25) is 0 Å². The fourth-order valence-electron chi connectivity index (χ4n) is 1.71. The van der Waals surface area contributed by atoms with Crippen molar-refractivity contribution in [2.45, 2.75) is 12.8 Å². The third-order valence-electron chi connectivity index (χ3n) is 3.06. The van der Waals surface area contributed by atoms with Gasteiger partial charge >= 0.3 is 0 Å². The zero-order chi connectivity index (χ0) is 12.3. The van der Waals surface area contributed by atoms with E-state index in [1.807, 2.05) is 18.0 Å². The number of para-hydroxylation sites is 1. The Bertz CT molecular complexity index is 380. The van der Waals surface area contributed by atoms with Crippen LogP contribution in [0.5, 0.6) is 0 Å². The average molecular weight is 238 g/mol. The zero-order valence-electron chi connectivity index (χ0n) is 10.2. The van der Waals surface area contributed by atoms with Crippen molar-refractivity contribution in [1.29, 1.82) is 0 Å². The number of ether oxygens (including phenoxy) is 1. The second-order valence-electron chi connectivity index (χ2n) is 4.61. The van der Waals surface area contributed by atoms with E-state index in [0.717, 1.165) is 24.8 Å². The van der Waals surface area contributed by atoms with Crippen molar-refractivity contribution in [2.24, 2.45) is 5.92 Å². The van der Waals surface area contributed by atoms with E-state index in [1.54, 1.807) is 6.07 Å². The first-order valence-electron chi connectivity index (χ1n) is 6.01. The van der Waals surface area contributed by atoms with Crippen LogP contribution in [0.3, 0.4) is 0 Å². The second kappa shape index (κ2) is 5.36. The van der Waals surface area contributed by atoms with Crippen LogP contribution in [0.15, 0.2) is 18.2 Å². The van der Waals surface area contributed by atoms with Gasteiger partial charge in [-0.1, -0.05) is 6.07 Å². The smallest absolute Gasteiger partial charge is 0.148 e. The molecule has 1 fully saturated rings. The number of hydrogen-bond donors (Lipinski definition) is 1. The number of nitrogens with two attached hydrogens (primary N) is 1. The molecular formula is C13H19FN2O. The van der Waals surface area contributed by atoms with E-state index in [4.69, 9.17) is 10.5 Å². The first kappa shape index (κ1) is 12.2. The van der Waals surface area contributed by atoms with Gasteiger partial charge in [0.05, 0.1) is 18.0 Å². The fraction of sp³-hybridized carbons (Fsp3) is 0.538. The summed E-state index contributed by atoms with van der Waals surface area (Å²) in [6.45, 7) is 2.23. The van der Waals surface area contributed by atoms with E-state index >= 15 is 0 Å². The highest BCUT2D eigenvalue weighted by Gasteiger charge is 2.21. The minimum Gasteiger partial charge on any atom is -0.395 e. The van der Waals surface area contributed by atoms with Gasteiger partial charge in [0.25, 0.3) is 0 Å². The maximum atomic E-state index is 13.3. The molecule has 2 rings (SSSR count). The summed E-state index contributed by atoms with van der Waals surface area (Å²) in [6, 6.07) is 4.86. The van der Waals surface area contributed by atoms with E-state index < -0.39 is 0 Å². The summed E-state index contributed by atoms with van der Waals surface area (Å²) in [5, 5.41) is 0. The third-order valence-corrected chi connectivity index (χ3v) is 3.06. The molecule has 0 unspecified atom stereocenters. The Labute approximate surface area is 101 Å². The van der Waals surface area contributed by atoms with Crippen LogP contribution in [-0.2, 0) is 4.74 Å². The first-order valence-corrected chi connectivity index (χ1v) is 6.01. The summed E-state index contributed by atoms with van der Waals surface area (Å²) in [5.41, 5.74) is 6.62. The lowest BCUT2D eigenvalue weighted by Crippen LogP contribution is -2.24. The largest absolute Gasteiger partial charge is 0.395 e. The lowest BCUT2D eigenvalue weighted by molar-refractivity contribution is 0.131. The molecule has 0 spiro atoms. The van der Waals surface area contributed by atoms with Gasteiger partial charge in [-0.2, -0.15) is 0 Å². The van der Waals surface area contributed by atoms with Gasteiger partial charge in [-0.05, 0) is 30.9 Å². The summed E-state index contributed by atoms with van der Waals surface area (Å²) >= 11 is 0. The molecule has 0 radical (unpaired) electrons. The summed E-state index contributed by atoms with van der Waals surface area (Å²) in [7, 11) is 1.89. The van der Waals surface area contributed by atoms with Crippen LogP contribution in [0.4, 0.5) is 15.8 Å². The molecule has 0 bridgehead atoms. The molecule has 94 valence electrons. The highest BCUT2D eigenvalue weighted by Crippen LogP contribution is 2.29. The summed E-state index contributed by atoms with van der Waals surface area (Å²) in [5.74, 6) is 0.410. The van der Waals surface area contributed by atoms with Gasteiger partial charge in [-0.25, -0.2) is 4.39 Å². The van der Waals surface area contributed by atoms with Gasteiger partial charge in [-0.15, -0.1) is 0 Å². The number of rotatable bonds is 6. The van der Waals surface area contributed by atoms with Crippen LogP contribution >= 0.6 is 0 Å². The van der Waals surface area contributed by atoms with E-state index in [9.17, 15) is 4.39 Å². The molecule has 0 atom stereocenters. The van der Waals surface area contributed by atoms with Gasteiger partial charge < -0.3 is 15.4 Å². The highest BCUT2D eigenvalue weighted by molar-refractivity contribution is 5.67. The molecule has 3 nitrogen and oxygen atoms in total. The van der Waals surface area contributed by atoms with Gasteiger partial charge in [0.1, 0.15) is 5.82 Å². The van der Waals surface area contributed by atoms with Crippen LogP contribution in [0.2, 0.25) is 0 Å². The SMILES string of the molecule is CN(CCOCC1CC1)c1cccc(F)c1N. The molecule has 2 N–H and O–H groups in total. The predicted octanol–water partition coefficient (Wildman–Crippen LogP) is 2.27. The molecule has 1 aliphatic carbocycles. The quantitative estimate of drug-likeness (QED) is 0.610. The van der Waals surface area contributed by atoms with Crippen molar-refractivity contribution in [2.75, 3.05) is 37.4 Å². The van der Waals surface area contributed by atoms with Crippen molar-refractivity contribution in [3.63, 3.8) is 0 Å². The maximum Gasteiger partial charge on any atom is 0.148 e. The van der Waals surface area contributed by atoms with Crippen molar-refractivity contribution < 1.29 is 9.13 Å². The first-order chi connectivity index (χ1) is 8.18. The monoisotopic (exact) mass is 238 g/mol. The Morgan fingerprint density at radius 1 is 1.47 bits per heavy atom. The molecule has 17 heavy (non-hydrogen) atoms. The second-order valence-corrected chi connectivity index (χ2v) is 4.61. The lowest BCUT2D eigenvalue weighted by atomic mass is 10.2. The molecule has 0 heterocycles. The average Bonchev–Trinajstić information content (AvgIpc) is 3.12. The van der Waals surface area contributed by atoms with E-state index in [1.165, 1.54) is 18.9 Å². The van der Waals surface area contributed by atoms with E-state index in [2.05, 4.69) is 0 Å². The Hall–Kier alpha value is -1.29. The number of nitrogen functional groups attached to an aromatic ring is 1. The normalized spacial score (nSPS) is 14.9. The number of hydrogen-bond acceptors (Lipinski definition) is 3. The molecule has 0 aliphatic heterocycles. The van der Waals surface area contributed by atoms with Crippen LogP contribution in [-0.4, -0.2) is 26.8 Å². The Morgan fingerprint density at radius 2 is 2.24 bits per heavy atom. The molecule has 1 aromatic carbocycles. The molecule has 1 aromatic rings. The number of likely N-dealkylation sites (N-methyl/N-ethyl adjacent to an activating group) is 1. The summed E-state index contributed by atoms with van der Waals surface area (Å²) in [4.78, 5) is 1.92. The van der Waals surface area contributed by atoms with Crippen LogP contribution in [0.1, 0.15) is 12.8 Å². The number of nitrogens with zero attached hydrogens (tertiary/aromatic N) is 1. The molecule has 0 aromatic heterocycles. The number of halogens is 1. The minimum atomic E-state index is -0.367. The summed E-state index contributed by atoms with van der Waals surface area (Å²) < 4.78 is 18.8. The zero-order valence-corrected chi connectivity index (χ0v) is 10.2. The Morgan fingerprint density at radius 3 is 2.94 bits per heavy atom. The molecule has 1 aliphatic rings. The minimum absolute atomic E-state index is 0.206. The maximum absolute atomic E-state index is 13.3. The topological polar surface area (TPSA) is 38.5 Å². The number of benzene rings is 1. The van der Waals surface area contributed by atoms with E-state index in [0.29, 0.717) is 6.61 Å². The fourth-order valence-corrected chi connectivity index (χ4v) is 1.71.